The number of nitrogens with two attached hydrogens (primary N) is 1. The second-order valence-corrected chi connectivity index (χ2v) is 8.48. The van der Waals surface area contributed by atoms with Gasteiger partial charge in [-0.05, 0) is 47.9 Å². The molecule has 1 aliphatic heterocycles. The van der Waals surface area contributed by atoms with Crippen LogP contribution in [0, 0.1) is 6.92 Å². The summed E-state index contributed by atoms with van der Waals surface area (Å²) in [6, 6.07) is 23.0. The maximum Gasteiger partial charge on any atom is 0.417 e. The number of rotatable bonds is 6. The van der Waals surface area contributed by atoms with E-state index in [0.717, 1.165) is 16.7 Å². The molecule has 0 bridgehead atoms. The summed E-state index contributed by atoms with van der Waals surface area (Å²) < 4.78 is 5.47. The Hall–Kier alpha value is -4.37. The number of nitrogens with one attached hydrogen (secondary N) is 2. The molecule has 1 atom stereocenters. The van der Waals surface area contributed by atoms with Gasteiger partial charge in [-0.25, -0.2) is 9.59 Å². The first-order valence-corrected chi connectivity index (χ1v) is 11.7. The summed E-state index contributed by atoms with van der Waals surface area (Å²) in [6.45, 7) is 2.84. The van der Waals surface area contributed by atoms with Crippen LogP contribution in [0.15, 0.2) is 78.9 Å². The Morgan fingerprint density at radius 3 is 2.39 bits per heavy atom. The molecule has 0 saturated carbocycles. The van der Waals surface area contributed by atoms with Crippen LogP contribution in [-0.4, -0.2) is 47.1 Å². The minimum Gasteiger partial charge on any atom is -0.410 e. The molecule has 9 heteroatoms. The van der Waals surface area contributed by atoms with E-state index in [9.17, 15) is 14.4 Å². The van der Waals surface area contributed by atoms with Crippen molar-refractivity contribution in [2.24, 2.45) is 5.73 Å². The van der Waals surface area contributed by atoms with Gasteiger partial charge >= 0.3 is 12.1 Å². The van der Waals surface area contributed by atoms with Crippen LogP contribution in [0.2, 0.25) is 0 Å². The Kier molecular flexibility index (Phi) is 7.82. The summed E-state index contributed by atoms with van der Waals surface area (Å²) in [5.41, 5.74) is 9.10. The van der Waals surface area contributed by atoms with E-state index in [1.54, 1.807) is 36.4 Å². The zero-order valence-electron chi connectivity index (χ0n) is 20.0. The Morgan fingerprint density at radius 1 is 0.917 bits per heavy atom. The Morgan fingerprint density at radius 2 is 1.64 bits per heavy atom. The SMILES string of the molecule is Cc1cccc(NC(=O)N2CCN(C(=O)Oc3ccccc3)C2C(=O)NCc2cccc(CN)c2)c1. The lowest BCUT2D eigenvalue weighted by atomic mass is 10.1. The first-order chi connectivity index (χ1) is 17.4. The van der Waals surface area contributed by atoms with Crippen LogP contribution in [0.5, 0.6) is 5.75 Å². The Bertz CT molecular complexity index is 1230. The van der Waals surface area contributed by atoms with Gasteiger partial charge in [0.25, 0.3) is 5.91 Å². The van der Waals surface area contributed by atoms with Crippen LogP contribution in [-0.2, 0) is 17.9 Å². The minimum atomic E-state index is -1.18. The number of para-hydroxylation sites is 1. The first kappa shape index (κ1) is 24.7. The standard InChI is InChI=1S/C27H29N5O4/c1-19-7-5-10-22(15-19)30-26(34)31-13-14-32(27(35)36-23-11-3-2-4-12-23)25(31)24(33)29-18-21-9-6-8-20(16-21)17-28/h2-12,15-16,25H,13-14,17-18,28H2,1H3,(H,29,33)(H,30,34). The number of ether oxygens (including phenoxy) is 1. The fourth-order valence-electron chi connectivity index (χ4n) is 4.03. The molecule has 4 N–H and O–H groups in total. The van der Waals surface area contributed by atoms with Crippen molar-refractivity contribution in [1.29, 1.82) is 0 Å². The van der Waals surface area contributed by atoms with Gasteiger partial charge in [-0.1, -0.05) is 54.6 Å². The first-order valence-electron chi connectivity index (χ1n) is 11.7. The Balaban J connectivity index is 1.52. The van der Waals surface area contributed by atoms with Gasteiger partial charge in [-0.15, -0.1) is 0 Å². The van der Waals surface area contributed by atoms with Crippen molar-refractivity contribution >= 4 is 23.7 Å². The van der Waals surface area contributed by atoms with Crippen molar-refractivity contribution in [3.63, 3.8) is 0 Å². The molecule has 1 fully saturated rings. The summed E-state index contributed by atoms with van der Waals surface area (Å²) in [6.07, 6.45) is -1.89. The normalized spacial score (nSPS) is 14.9. The van der Waals surface area contributed by atoms with E-state index in [1.165, 1.54) is 9.80 Å². The van der Waals surface area contributed by atoms with Crippen molar-refractivity contribution in [3.05, 3.63) is 95.6 Å². The highest BCUT2D eigenvalue weighted by Gasteiger charge is 2.43. The zero-order chi connectivity index (χ0) is 25.5. The lowest BCUT2D eigenvalue weighted by Crippen LogP contribution is -2.55. The molecule has 1 saturated heterocycles. The molecule has 186 valence electrons. The van der Waals surface area contributed by atoms with Crippen LogP contribution in [0.4, 0.5) is 15.3 Å². The molecule has 1 heterocycles. The van der Waals surface area contributed by atoms with E-state index >= 15 is 0 Å². The summed E-state index contributed by atoms with van der Waals surface area (Å²) in [4.78, 5) is 42.1. The molecule has 0 aromatic heterocycles. The lowest BCUT2D eigenvalue weighted by molar-refractivity contribution is -0.128. The van der Waals surface area contributed by atoms with Crippen LogP contribution in [0.3, 0.4) is 0 Å². The summed E-state index contributed by atoms with van der Waals surface area (Å²) >= 11 is 0. The van der Waals surface area contributed by atoms with Gasteiger partial charge in [0, 0.05) is 31.9 Å². The van der Waals surface area contributed by atoms with Gasteiger partial charge in [-0.2, -0.15) is 0 Å². The topological polar surface area (TPSA) is 117 Å². The van der Waals surface area contributed by atoms with E-state index in [-0.39, 0.29) is 19.6 Å². The number of urea groups is 1. The van der Waals surface area contributed by atoms with Crippen LogP contribution in [0.25, 0.3) is 0 Å². The smallest absolute Gasteiger partial charge is 0.410 e. The molecule has 0 aliphatic carbocycles. The van der Waals surface area contributed by atoms with E-state index < -0.39 is 24.2 Å². The molecule has 36 heavy (non-hydrogen) atoms. The molecule has 0 radical (unpaired) electrons. The second-order valence-electron chi connectivity index (χ2n) is 8.48. The largest absolute Gasteiger partial charge is 0.417 e. The fourth-order valence-corrected chi connectivity index (χ4v) is 4.03. The van der Waals surface area contributed by atoms with Crippen LogP contribution < -0.4 is 21.1 Å². The summed E-state index contributed by atoms with van der Waals surface area (Å²) in [5, 5.41) is 5.67. The quantitative estimate of drug-likeness (QED) is 0.492. The summed E-state index contributed by atoms with van der Waals surface area (Å²) in [7, 11) is 0. The third-order valence-corrected chi connectivity index (χ3v) is 5.81. The number of nitrogens with zero attached hydrogens (tertiary/aromatic N) is 2. The van der Waals surface area contributed by atoms with E-state index in [4.69, 9.17) is 10.5 Å². The predicted molar refractivity (Wildman–Crippen MR) is 136 cm³/mol. The number of amides is 4. The van der Waals surface area contributed by atoms with E-state index in [0.29, 0.717) is 18.0 Å². The molecule has 3 aromatic rings. The zero-order valence-corrected chi connectivity index (χ0v) is 20.0. The van der Waals surface area contributed by atoms with Gasteiger partial charge < -0.3 is 21.1 Å². The van der Waals surface area contributed by atoms with Gasteiger partial charge in [-0.3, -0.25) is 14.6 Å². The maximum atomic E-state index is 13.4. The molecular weight excluding hydrogens is 458 g/mol. The summed E-state index contributed by atoms with van der Waals surface area (Å²) in [5.74, 6) is -0.141. The number of carbonyl (C=O) groups excluding carboxylic acids is 3. The average Bonchev–Trinajstić information content (AvgIpc) is 3.34. The lowest BCUT2D eigenvalue weighted by Gasteiger charge is -2.28. The van der Waals surface area contributed by atoms with Gasteiger partial charge in [0.2, 0.25) is 0 Å². The molecule has 3 aromatic carbocycles. The number of hydrogen-bond acceptors (Lipinski definition) is 5. The highest BCUT2D eigenvalue weighted by molar-refractivity contribution is 5.95. The monoisotopic (exact) mass is 487 g/mol. The van der Waals surface area contributed by atoms with Crippen molar-refractivity contribution in [3.8, 4) is 5.75 Å². The van der Waals surface area contributed by atoms with Crippen molar-refractivity contribution in [2.45, 2.75) is 26.2 Å². The molecule has 4 amide bonds. The van der Waals surface area contributed by atoms with Gasteiger partial charge in [0.15, 0.2) is 6.17 Å². The highest BCUT2D eigenvalue weighted by Crippen LogP contribution is 2.21. The second kappa shape index (κ2) is 11.4. The molecule has 1 aliphatic rings. The third-order valence-electron chi connectivity index (χ3n) is 5.81. The number of hydrogen-bond donors (Lipinski definition) is 3. The molecule has 1 unspecified atom stereocenters. The van der Waals surface area contributed by atoms with E-state index in [2.05, 4.69) is 10.6 Å². The van der Waals surface area contributed by atoms with Crippen LogP contribution in [0.1, 0.15) is 16.7 Å². The van der Waals surface area contributed by atoms with Gasteiger partial charge in [0.05, 0.1) is 0 Å². The van der Waals surface area contributed by atoms with Gasteiger partial charge in [0.1, 0.15) is 5.75 Å². The predicted octanol–water partition coefficient (Wildman–Crippen LogP) is 3.44. The Labute approximate surface area is 209 Å². The number of anilines is 1. The van der Waals surface area contributed by atoms with Crippen molar-refractivity contribution in [1.82, 2.24) is 15.1 Å². The van der Waals surface area contributed by atoms with Crippen molar-refractivity contribution in [2.75, 3.05) is 18.4 Å². The van der Waals surface area contributed by atoms with E-state index in [1.807, 2.05) is 49.4 Å². The maximum absolute atomic E-state index is 13.4. The third kappa shape index (κ3) is 6.00. The minimum absolute atomic E-state index is 0.146. The molecule has 9 nitrogen and oxygen atoms in total. The molecule has 4 rings (SSSR count). The number of carbonyl (C=O) groups is 3. The highest BCUT2D eigenvalue weighted by atomic mass is 16.6. The number of benzene rings is 3. The fraction of sp³-hybridized carbons (Fsp3) is 0.222. The van der Waals surface area contributed by atoms with Crippen LogP contribution >= 0.6 is 0 Å². The van der Waals surface area contributed by atoms with Crippen molar-refractivity contribution < 1.29 is 19.1 Å². The molecule has 0 spiro atoms. The molecular formula is C27H29N5O4. The average molecular weight is 488 g/mol. The number of aryl methyl sites for hydroxylation is 1.